The summed E-state index contributed by atoms with van der Waals surface area (Å²) in [5.41, 5.74) is 0.351. The second-order valence-electron chi connectivity index (χ2n) is 6.40. The number of amides is 1. The van der Waals surface area contributed by atoms with Gasteiger partial charge in [0.2, 0.25) is 0 Å². The molecule has 1 aliphatic rings. The maximum absolute atomic E-state index is 12.8. The van der Waals surface area contributed by atoms with Crippen molar-refractivity contribution in [1.82, 2.24) is 4.90 Å². The highest BCUT2D eigenvalue weighted by Crippen LogP contribution is 2.36. The first-order chi connectivity index (χ1) is 11.5. The summed E-state index contributed by atoms with van der Waals surface area (Å²) in [6.45, 7) is 2.46. The minimum Gasteiger partial charge on any atom is -0.497 e. The standard InChI is InChI=1S/C20H23NO3/c1-20(23,16-10-12-17(24-2)13-11-16)18-9-6-14-21(18)19(22)15-7-4-3-5-8-15/h3-5,7-8,10-13,18,23H,6,9,14H2,1-2H3/t18-,20-/m0/s1. The van der Waals surface area contributed by atoms with E-state index in [-0.39, 0.29) is 11.9 Å². The van der Waals surface area contributed by atoms with E-state index in [9.17, 15) is 9.90 Å². The van der Waals surface area contributed by atoms with E-state index in [0.29, 0.717) is 12.1 Å². The van der Waals surface area contributed by atoms with Gasteiger partial charge in [-0.05, 0) is 49.6 Å². The smallest absolute Gasteiger partial charge is 0.254 e. The normalized spacial score (nSPS) is 19.8. The average molecular weight is 325 g/mol. The van der Waals surface area contributed by atoms with Crippen molar-refractivity contribution in [1.29, 1.82) is 0 Å². The summed E-state index contributed by atoms with van der Waals surface area (Å²) in [6.07, 6.45) is 1.69. The molecule has 0 radical (unpaired) electrons. The molecule has 126 valence electrons. The maximum atomic E-state index is 12.8. The number of carbonyl (C=O) groups is 1. The van der Waals surface area contributed by atoms with E-state index < -0.39 is 5.60 Å². The van der Waals surface area contributed by atoms with Crippen LogP contribution < -0.4 is 4.74 Å². The summed E-state index contributed by atoms with van der Waals surface area (Å²) < 4.78 is 5.18. The van der Waals surface area contributed by atoms with Crippen LogP contribution in [0.2, 0.25) is 0 Å². The number of carbonyl (C=O) groups excluding carboxylic acids is 1. The van der Waals surface area contributed by atoms with Gasteiger partial charge in [-0.2, -0.15) is 0 Å². The third-order valence-electron chi connectivity index (χ3n) is 4.86. The lowest BCUT2D eigenvalue weighted by Crippen LogP contribution is -2.48. The second-order valence-corrected chi connectivity index (χ2v) is 6.40. The summed E-state index contributed by atoms with van der Waals surface area (Å²) in [5.74, 6) is 0.727. The van der Waals surface area contributed by atoms with Gasteiger partial charge in [0.15, 0.2) is 0 Å². The zero-order chi connectivity index (χ0) is 17.2. The Bertz CT molecular complexity index is 695. The maximum Gasteiger partial charge on any atom is 0.254 e. The molecule has 1 fully saturated rings. The Morgan fingerprint density at radius 3 is 2.46 bits per heavy atom. The number of rotatable bonds is 4. The van der Waals surface area contributed by atoms with Crippen LogP contribution in [0.3, 0.4) is 0 Å². The Hall–Kier alpha value is -2.33. The topological polar surface area (TPSA) is 49.8 Å². The molecule has 2 atom stereocenters. The van der Waals surface area contributed by atoms with Crippen molar-refractivity contribution in [2.45, 2.75) is 31.4 Å². The second kappa shape index (κ2) is 6.65. The Morgan fingerprint density at radius 2 is 1.83 bits per heavy atom. The molecule has 1 amide bonds. The molecule has 2 aromatic carbocycles. The van der Waals surface area contributed by atoms with Gasteiger partial charge in [0, 0.05) is 12.1 Å². The molecule has 1 saturated heterocycles. The van der Waals surface area contributed by atoms with Gasteiger partial charge in [-0.3, -0.25) is 4.79 Å². The van der Waals surface area contributed by atoms with E-state index in [1.54, 1.807) is 18.9 Å². The number of likely N-dealkylation sites (tertiary alicyclic amines) is 1. The first kappa shape index (κ1) is 16.5. The van der Waals surface area contributed by atoms with E-state index in [0.717, 1.165) is 24.2 Å². The first-order valence-corrected chi connectivity index (χ1v) is 8.27. The monoisotopic (exact) mass is 325 g/mol. The molecule has 4 heteroatoms. The van der Waals surface area contributed by atoms with Crippen molar-refractivity contribution in [3.63, 3.8) is 0 Å². The summed E-state index contributed by atoms with van der Waals surface area (Å²) in [6, 6.07) is 16.4. The molecule has 1 N–H and O–H groups in total. The minimum absolute atomic E-state index is 0.0214. The molecule has 0 bridgehead atoms. The highest BCUT2D eigenvalue weighted by atomic mass is 16.5. The Kier molecular flexibility index (Phi) is 4.58. The first-order valence-electron chi connectivity index (χ1n) is 8.27. The molecule has 2 aromatic rings. The lowest BCUT2D eigenvalue weighted by Gasteiger charge is -2.37. The van der Waals surface area contributed by atoms with Crippen LogP contribution in [-0.4, -0.2) is 35.6 Å². The Balaban J connectivity index is 1.87. The number of hydrogen-bond donors (Lipinski definition) is 1. The van der Waals surface area contributed by atoms with Crippen molar-refractivity contribution in [3.05, 3.63) is 65.7 Å². The van der Waals surface area contributed by atoms with E-state index in [2.05, 4.69) is 0 Å². The van der Waals surface area contributed by atoms with Crippen LogP contribution >= 0.6 is 0 Å². The Morgan fingerprint density at radius 1 is 1.17 bits per heavy atom. The number of ether oxygens (including phenoxy) is 1. The van der Waals surface area contributed by atoms with Crippen LogP contribution in [0.15, 0.2) is 54.6 Å². The molecule has 0 saturated carbocycles. The lowest BCUT2D eigenvalue weighted by molar-refractivity contribution is -0.0177. The van der Waals surface area contributed by atoms with E-state index >= 15 is 0 Å². The van der Waals surface area contributed by atoms with Crippen molar-refractivity contribution in [2.75, 3.05) is 13.7 Å². The third kappa shape index (κ3) is 3.02. The van der Waals surface area contributed by atoms with E-state index in [4.69, 9.17) is 4.74 Å². The fourth-order valence-electron chi connectivity index (χ4n) is 3.46. The molecule has 0 spiro atoms. The van der Waals surface area contributed by atoms with E-state index in [1.807, 2.05) is 54.6 Å². The van der Waals surface area contributed by atoms with Crippen LogP contribution in [0, 0.1) is 0 Å². The predicted molar refractivity (Wildman–Crippen MR) is 93.1 cm³/mol. The number of methoxy groups -OCH3 is 1. The van der Waals surface area contributed by atoms with Gasteiger partial charge >= 0.3 is 0 Å². The number of nitrogens with zero attached hydrogens (tertiary/aromatic N) is 1. The zero-order valence-corrected chi connectivity index (χ0v) is 14.1. The van der Waals surface area contributed by atoms with Crippen LogP contribution in [0.4, 0.5) is 0 Å². The summed E-state index contributed by atoms with van der Waals surface area (Å²) in [4.78, 5) is 14.6. The molecule has 4 nitrogen and oxygen atoms in total. The van der Waals surface area contributed by atoms with Gasteiger partial charge in [-0.25, -0.2) is 0 Å². The third-order valence-corrected chi connectivity index (χ3v) is 4.86. The minimum atomic E-state index is -1.10. The summed E-state index contributed by atoms with van der Waals surface area (Å²) in [7, 11) is 1.62. The van der Waals surface area contributed by atoms with Crippen LogP contribution in [0.5, 0.6) is 5.75 Å². The molecular weight excluding hydrogens is 302 g/mol. The highest BCUT2D eigenvalue weighted by Gasteiger charge is 2.42. The van der Waals surface area contributed by atoms with Gasteiger partial charge in [-0.15, -0.1) is 0 Å². The Labute approximate surface area is 142 Å². The van der Waals surface area contributed by atoms with Gasteiger partial charge in [0.1, 0.15) is 11.4 Å². The van der Waals surface area contributed by atoms with Crippen molar-refractivity contribution >= 4 is 5.91 Å². The van der Waals surface area contributed by atoms with Gasteiger partial charge in [-0.1, -0.05) is 30.3 Å². The lowest BCUT2D eigenvalue weighted by atomic mass is 9.86. The molecule has 0 aliphatic carbocycles. The highest BCUT2D eigenvalue weighted by molar-refractivity contribution is 5.94. The molecule has 3 rings (SSSR count). The molecular formula is C20H23NO3. The molecule has 24 heavy (non-hydrogen) atoms. The van der Waals surface area contributed by atoms with Gasteiger partial charge < -0.3 is 14.7 Å². The predicted octanol–water partition coefficient (Wildman–Crippen LogP) is 3.21. The number of benzene rings is 2. The van der Waals surface area contributed by atoms with Crippen molar-refractivity contribution < 1.29 is 14.6 Å². The van der Waals surface area contributed by atoms with Crippen molar-refractivity contribution in [3.8, 4) is 5.75 Å². The summed E-state index contributed by atoms with van der Waals surface area (Å²) in [5, 5.41) is 11.2. The largest absolute Gasteiger partial charge is 0.497 e. The molecule has 1 heterocycles. The average Bonchev–Trinajstić information content (AvgIpc) is 3.12. The number of hydrogen-bond acceptors (Lipinski definition) is 3. The molecule has 0 aromatic heterocycles. The number of aliphatic hydroxyl groups is 1. The summed E-state index contributed by atoms with van der Waals surface area (Å²) >= 11 is 0. The quantitative estimate of drug-likeness (QED) is 0.939. The van der Waals surface area contributed by atoms with Gasteiger partial charge in [0.25, 0.3) is 5.91 Å². The van der Waals surface area contributed by atoms with E-state index in [1.165, 1.54) is 0 Å². The fourth-order valence-corrected chi connectivity index (χ4v) is 3.46. The van der Waals surface area contributed by atoms with Crippen LogP contribution in [0.25, 0.3) is 0 Å². The zero-order valence-electron chi connectivity index (χ0n) is 14.1. The fraction of sp³-hybridized carbons (Fsp3) is 0.350. The van der Waals surface area contributed by atoms with Crippen molar-refractivity contribution in [2.24, 2.45) is 0 Å². The van der Waals surface area contributed by atoms with Crippen LogP contribution in [0.1, 0.15) is 35.7 Å². The van der Waals surface area contributed by atoms with Gasteiger partial charge in [0.05, 0.1) is 13.2 Å². The van der Waals surface area contributed by atoms with Crippen LogP contribution in [-0.2, 0) is 5.60 Å². The SMILES string of the molecule is COc1ccc([C@](C)(O)[C@@H]2CCCN2C(=O)c2ccccc2)cc1. The molecule has 1 aliphatic heterocycles. The molecule has 0 unspecified atom stereocenters.